The number of nitrogens with one attached hydrogen (secondary N) is 1. The molecule has 1 heterocycles. The topological polar surface area (TPSA) is 71.9 Å². The summed E-state index contributed by atoms with van der Waals surface area (Å²) >= 11 is 6.01. The van der Waals surface area contributed by atoms with E-state index in [9.17, 15) is 14.4 Å². The van der Waals surface area contributed by atoms with Crippen molar-refractivity contribution in [3.05, 3.63) is 43.6 Å². The number of aryl methyl sites for hydroxylation is 1. The molecular weight excluding hydrogens is 244 g/mol. The molecule has 0 fully saturated rings. The normalized spacial score (nSPS) is 10.7. The predicted molar refractivity (Wildman–Crippen MR) is 64.6 cm³/mol. The third-order valence-electron chi connectivity index (χ3n) is 2.54. The molecule has 0 spiro atoms. The Morgan fingerprint density at radius 3 is 2.76 bits per heavy atom. The van der Waals surface area contributed by atoms with Crippen LogP contribution >= 0.6 is 11.6 Å². The molecule has 2 rings (SSSR count). The summed E-state index contributed by atoms with van der Waals surface area (Å²) in [6.45, 7) is 1.51. The van der Waals surface area contributed by atoms with Gasteiger partial charge in [0.25, 0.3) is 5.56 Å². The Bertz CT molecular complexity index is 715. The molecule has 0 radical (unpaired) electrons. The molecule has 5 nitrogen and oxygen atoms in total. The van der Waals surface area contributed by atoms with Gasteiger partial charge in [0.15, 0.2) is 0 Å². The van der Waals surface area contributed by atoms with Gasteiger partial charge in [0, 0.05) is 0 Å². The maximum atomic E-state index is 11.9. The van der Waals surface area contributed by atoms with Crippen LogP contribution in [0.1, 0.15) is 5.56 Å². The molecule has 0 aliphatic rings. The number of fused-ring (bicyclic) bond motifs is 1. The lowest BCUT2D eigenvalue weighted by atomic mass is 10.2. The summed E-state index contributed by atoms with van der Waals surface area (Å²) in [4.78, 5) is 36.4. The SMILES string of the molecule is Cc1ccc2c(=O)n(CC=O)c(=O)[nH]c2c1Cl. The van der Waals surface area contributed by atoms with E-state index in [-0.39, 0.29) is 6.54 Å². The molecule has 88 valence electrons. The molecule has 0 saturated heterocycles. The van der Waals surface area contributed by atoms with Crippen LogP contribution in [0.25, 0.3) is 10.9 Å². The number of aromatic nitrogens is 2. The number of aldehydes is 1. The van der Waals surface area contributed by atoms with E-state index < -0.39 is 11.2 Å². The van der Waals surface area contributed by atoms with Crippen LogP contribution in [-0.2, 0) is 11.3 Å². The van der Waals surface area contributed by atoms with Crippen molar-refractivity contribution in [2.24, 2.45) is 0 Å². The van der Waals surface area contributed by atoms with E-state index in [4.69, 9.17) is 11.6 Å². The van der Waals surface area contributed by atoms with E-state index in [1.54, 1.807) is 19.1 Å². The zero-order valence-corrected chi connectivity index (χ0v) is 9.75. The van der Waals surface area contributed by atoms with E-state index >= 15 is 0 Å². The Labute approximate surface area is 101 Å². The molecule has 17 heavy (non-hydrogen) atoms. The molecule has 0 bridgehead atoms. The minimum atomic E-state index is -0.637. The van der Waals surface area contributed by atoms with Gasteiger partial charge in [0.1, 0.15) is 6.29 Å². The number of H-pyrrole nitrogens is 1. The highest BCUT2D eigenvalue weighted by atomic mass is 35.5. The van der Waals surface area contributed by atoms with Crippen LogP contribution in [0, 0.1) is 6.92 Å². The molecular formula is C11H9ClN2O3. The second-order valence-corrected chi connectivity index (χ2v) is 4.01. The second-order valence-electron chi connectivity index (χ2n) is 3.63. The number of hydrogen-bond acceptors (Lipinski definition) is 3. The van der Waals surface area contributed by atoms with E-state index in [1.807, 2.05) is 0 Å². The van der Waals surface area contributed by atoms with Gasteiger partial charge in [-0.05, 0) is 18.6 Å². The molecule has 0 atom stereocenters. The maximum Gasteiger partial charge on any atom is 0.329 e. The number of hydrogen-bond donors (Lipinski definition) is 1. The Morgan fingerprint density at radius 2 is 2.12 bits per heavy atom. The van der Waals surface area contributed by atoms with Crippen molar-refractivity contribution in [2.75, 3.05) is 0 Å². The van der Waals surface area contributed by atoms with Crippen molar-refractivity contribution in [1.82, 2.24) is 9.55 Å². The molecule has 6 heteroatoms. The van der Waals surface area contributed by atoms with Crippen LogP contribution in [0.15, 0.2) is 21.7 Å². The molecule has 2 aromatic rings. The van der Waals surface area contributed by atoms with Gasteiger partial charge < -0.3 is 9.78 Å². The first-order valence-corrected chi connectivity index (χ1v) is 5.29. The van der Waals surface area contributed by atoms with Crippen LogP contribution in [0.3, 0.4) is 0 Å². The fourth-order valence-electron chi connectivity index (χ4n) is 1.63. The highest BCUT2D eigenvalue weighted by Crippen LogP contribution is 2.21. The average molecular weight is 253 g/mol. The van der Waals surface area contributed by atoms with Crippen molar-refractivity contribution in [1.29, 1.82) is 0 Å². The summed E-state index contributed by atoms with van der Waals surface area (Å²) < 4.78 is 0.834. The predicted octanol–water partition coefficient (Wildman–Crippen LogP) is 0.851. The van der Waals surface area contributed by atoms with Crippen molar-refractivity contribution in [3.63, 3.8) is 0 Å². The number of aromatic amines is 1. The van der Waals surface area contributed by atoms with Gasteiger partial charge in [-0.15, -0.1) is 0 Å². The van der Waals surface area contributed by atoms with E-state index in [0.717, 1.165) is 10.1 Å². The molecule has 0 aliphatic carbocycles. The van der Waals surface area contributed by atoms with E-state index in [0.29, 0.717) is 22.2 Å². The maximum absolute atomic E-state index is 11.9. The van der Waals surface area contributed by atoms with Gasteiger partial charge in [0.05, 0.1) is 22.5 Å². The standard InChI is InChI=1S/C11H9ClN2O3/c1-6-2-3-7-9(8(6)12)13-11(17)14(4-5-15)10(7)16/h2-3,5H,4H2,1H3,(H,13,17). The molecule has 1 aromatic heterocycles. The molecule has 0 unspecified atom stereocenters. The minimum Gasteiger partial charge on any atom is -0.305 e. The Hall–Kier alpha value is -1.88. The summed E-state index contributed by atoms with van der Waals surface area (Å²) in [5, 5.41) is 0.636. The highest BCUT2D eigenvalue weighted by Gasteiger charge is 2.10. The molecule has 0 aliphatic heterocycles. The second kappa shape index (κ2) is 4.18. The first-order chi connectivity index (χ1) is 8.06. The fourth-order valence-corrected chi connectivity index (χ4v) is 1.85. The van der Waals surface area contributed by atoms with E-state index in [2.05, 4.69) is 4.98 Å². The average Bonchev–Trinajstić information content (AvgIpc) is 2.30. The Kier molecular flexibility index (Phi) is 2.85. The molecule has 1 aromatic carbocycles. The van der Waals surface area contributed by atoms with Gasteiger partial charge in [-0.1, -0.05) is 17.7 Å². The van der Waals surface area contributed by atoms with Crippen molar-refractivity contribution >= 4 is 28.8 Å². The zero-order valence-electron chi connectivity index (χ0n) is 8.99. The summed E-state index contributed by atoms with van der Waals surface area (Å²) in [5.74, 6) is 0. The molecule has 1 N–H and O–H groups in total. The van der Waals surface area contributed by atoms with Crippen molar-refractivity contribution in [3.8, 4) is 0 Å². The summed E-state index contributed by atoms with van der Waals surface area (Å²) in [7, 11) is 0. The van der Waals surface area contributed by atoms with Gasteiger partial charge in [0.2, 0.25) is 0 Å². The van der Waals surface area contributed by atoms with Crippen LogP contribution in [0.2, 0.25) is 5.02 Å². The monoisotopic (exact) mass is 252 g/mol. The number of rotatable bonds is 2. The number of carbonyl (C=O) groups is 1. The number of halogens is 1. The number of carbonyl (C=O) groups excluding carboxylic acids is 1. The zero-order chi connectivity index (χ0) is 12.6. The largest absolute Gasteiger partial charge is 0.329 e. The lowest BCUT2D eigenvalue weighted by Crippen LogP contribution is -2.35. The van der Waals surface area contributed by atoms with Gasteiger partial charge in [-0.2, -0.15) is 0 Å². The molecule has 0 amide bonds. The lowest BCUT2D eigenvalue weighted by Gasteiger charge is -2.05. The highest BCUT2D eigenvalue weighted by molar-refractivity contribution is 6.35. The Morgan fingerprint density at radius 1 is 1.41 bits per heavy atom. The summed E-state index contributed by atoms with van der Waals surface area (Å²) in [6, 6.07) is 3.27. The lowest BCUT2D eigenvalue weighted by molar-refractivity contribution is -0.108. The van der Waals surface area contributed by atoms with Crippen LogP contribution in [0.4, 0.5) is 0 Å². The third kappa shape index (κ3) is 1.78. The number of benzene rings is 1. The van der Waals surface area contributed by atoms with E-state index in [1.165, 1.54) is 0 Å². The van der Waals surface area contributed by atoms with Crippen LogP contribution in [-0.4, -0.2) is 15.8 Å². The van der Waals surface area contributed by atoms with Gasteiger partial charge in [-0.3, -0.25) is 9.36 Å². The van der Waals surface area contributed by atoms with Crippen molar-refractivity contribution < 1.29 is 4.79 Å². The van der Waals surface area contributed by atoms with Crippen LogP contribution in [0.5, 0.6) is 0 Å². The number of nitrogens with zero attached hydrogens (tertiary/aromatic N) is 1. The van der Waals surface area contributed by atoms with Gasteiger partial charge >= 0.3 is 5.69 Å². The first-order valence-electron chi connectivity index (χ1n) is 4.92. The van der Waals surface area contributed by atoms with Crippen molar-refractivity contribution in [2.45, 2.75) is 13.5 Å². The Balaban J connectivity index is 2.96. The first kappa shape index (κ1) is 11.6. The summed E-state index contributed by atoms with van der Waals surface area (Å²) in [5.41, 5.74) is -0.0778. The summed E-state index contributed by atoms with van der Waals surface area (Å²) in [6.07, 6.45) is 0.498. The minimum absolute atomic E-state index is 0.268. The smallest absolute Gasteiger partial charge is 0.305 e. The third-order valence-corrected chi connectivity index (χ3v) is 3.03. The quantitative estimate of drug-likeness (QED) is 0.806. The fraction of sp³-hybridized carbons (Fsp3) is 0.182. The van der Waals surface area contributed by atoms with Crippen LogP contribution < -0.4 is 11.2 Å². The van der Waals surface area contributed by atoms with Gasteiger partial charge in [-0.25, -0.2) is 4.79 Å². The molecule has 0 saturated carbocycles.